The van der Waals surface area contributed by atoms with Crippen molar-refractivity contribution in [3.8, 4) is 0 Å². The molecule has 1 aromatic carbocycles. The fraction of sp³-hybridized carbons (Fsp3) is 0.389. The highest BCUT2D eigenvalue weighted by atomic mass is 35.5. The molecule has 1 aliphatic rings. The molecule has 3 rings (SSSR count). The van der Waals surface area contributed by atoms with E-state index in [4.69, 9.17) is 11.6 Å². The van der Waals surface area contributed by atoms with Crippen molar-refractivity contribution in [2.24, 2.45) is 5.92 Å². The molecule has 1 fully saturated rings. The van der Waals surface area contributed by atoms with Crippen LogP contribution < -0.4 is 10.2 Å². The molecule has 0 radical (unpaired) electrons. The van der Waals surface area contributed by atoms with E-state index >= 15 is 0 Å². The van der Waals surface area contributed by atoms with Gasteiger partial charge in [0.15, 0.2) is 0 Å². The molecule has 27 heavy (non-hydrogen) atoms. The Morgan fingerprint density at radius 2 is 1.85 bits per heavy atom. The number of carbonyl (C=O) groups excluding carboxylic acids is 1. The minimum atomic E-state index is -4.50. The van der Waals surface area contributed by atoms with E-state index in [2.05, 4.69) is 15.3 Å². The number of alkyl halides is 3. The number of hydrogen-bond acceptors (Lipinski definition) is 4. The van der Waals surface area contributed by atoms with E-state index in [-0.39, 0.29) is 17.6 Å². The summed E-state index contributed by atoms with van der Waals surface area (Å²) >= 11 is 5.83. The van der Waals surface area contributed by atoms with Crippen molar-refractivity contribution in [2.75, 3.05) is 18.0 Å². The van der Waals surface area contributed by atoms with E-state index in [1.807, 2.05) is 12.1 Å². The molecular formula is C18H18ClF3N4O. The van der Waals surface area contributed by atoms with Crippen molar-refractivity contribution in [3.05, 3.63) is 52.9 Å². The van der Waals surface area contributed by atoms with Crippen molar-refractivity contribution >= 4 is 23.3 Å². The van der Waals surface area contributed by atoms with Crippen LogP contribution >= 0.6 is 11.6 Å². The van der Waals surface area contributed by atoms with E-state index in [1.165, 1.54) is 0 Å². The van der Waals surface area contributed by atoms with Crippen LogP contribution in [0.5, 0.6) is 0 Å². The molecule has 0 unspecified atom stereocenters. The molecule has 5 nitrogen and oxygen atoms in total. The number of nitrogens with one attached hydrogen (secondary N) is 1. The standard InChI is InChI=1S/C18H18ClF3N4O/c19-14-3-1-12(2-4-14)10-23-17(27)13-5-7-26(8-6-13)16-9-15(18(20,21)22)24-11-25-16/h1-4,9,11,13H,5-8,10H2,(H,23,27). The molecule has 2 heterocycles. The number of halogens is 4. The molecule has 0 atom stereocenters. The monoisotopic (exact) mass is 398 g/mol. The Balaban J connectivity index is 1.52. The number of hydrogen-bond donors (Lipinski definition) is 1. The molecule has 1 aliphatic heterocycles. The van der Waals surface area contributed by atoms with E-state index in [0.29, 0.717) is 37.5 Å². The third kappa shape index (κ3) is 5.09. The summed E-state index contributed by atoms with van der Waals surface area (Å²) in [7, 11) is 0. The lowest BCUT2D eigenvalue weighted by Gasteiger charge is -2.32. The number of carbonyl (C=O) groups is 1. The van der Waals surface area contributed by atoms with E-state index in [9.17, 15) is 18.0 Å². The average molecular weight is 399 g/mol. The number of rotatable bonds is 4. The molecule has 9 heteroatoms. The summed E-state index contributed by atoms with van der Waals surface area (Å²) in [5.74, 6) is 0.0121. The molecule has 1 aromatic heterocycles. The minimum absolute atomic E-state index is 0.0525. The van der Waals surface area contributed by atoms with Gasteiger partial charge in [0.1, 0.15) is 17.8 Å². The summed E-state index contributed by atoms with van der Waals surface area (Å²) in [5, 5.41) is 3.53. The number of aromatic nitrogens is 2. The number of amides is 1. The van der Waals surface area contributed by atoms with Crippen molar-refractivity contribution in [3.63, 3.8) is 0 Å². The van der Waals surface area contributed by atoms with Gasteiger partial charge in [0, 0.05) is 36.6 Å². The normalized spacial score (nSPS) is 15.6. The largest absolute Gasteiger partial charge is 0.433 e. The Hall–Kier alpha value is -2.35. The first-order valence-electron chi connectivity index (χ1n) is 8.49. The zero-order chi connectivity index (χ0) is 19.4. The highest BCUT2D eigenvalue weighted by Gasteiger charge is 2.34. The van der Waals surface area contributed by atoms with Crippen LogP contribution in [0, 0.1) is 5.92 Å². The Kier molecular flexibility index (Phi) is 5.84. The third-order valence-electron chi connectivity index (χ3n) is 4.51. The lowest BCUT2D eigenvalue weighted by Crippen LogP contribution is -2.40. The van der Waals surface area contributed by atoms with Gasteiger partial charge < -0.3 is 10.2 Å². The third-order valence-corrected chi connectivity index (χ3v) is 4.76. The van der Waals surface area contributed by atoms with Gasteiger partial charge in [-0.1, -0.05) is 23.7 Å². The van der Waals surface area contributed by atoms with Crippen LogP contribution in [0.4, 0.5) is 19.0 Å². The Morgan fingerprint density at radius 1 is 1.19 bits per heavy atom. The number of nitrogens with zero attached hydrogens (tertiary/aromatic N) is 3. The topological polar surface area (TPSA) is 58.1 Å². The molecule has 144 valence electrons. The van der Waals surface area contributed by atoms with Crippen LogP contribution in [0.3, 0.4) is 0 Å². The van der Waals surface area contributed by atoms with Crippen molar-refractivity contribution in [1.82, 2.24) is 15.3 Å². The van der Waals surface area contributed by atoms with Gasteiger partial charge in [-0.2, -0.15) is 13.2 Å². The Labute approximate surface area is 159 Å². The number of anilines is 1. The van der Waals surface area contributed by atoms with Crippen molar-refractivity contribution in [2.45, 2.75) is 25.6 Å². The first-order valence-corrected chi connectivity index (χ1v) is 8.87. The second-order valence-electron chi connectivity index (χ2n) is 6.36. The summed E-state index contributed by atoms with van der Waals surface area (Å²) in [6.07, 6.45) is -2.48. The second-order valence-corrected chi connectivity index (χ2v) is 6.80. The zero-order valence-electron chi connectivity index (χ0n) is 14.3. The van der Waals surface area contributed by atoms with Gasteiger partial charge in [-0.25, -0.2) is 9.97 Å². The predicted molar refractivity (Wildman–Crippen MR) is 95.3 cm³/mol. The highest BCUT2D eigenvalue weighted by Crippen LogP contribution is 2.30. The van der Waals surface area contributed by atoms with E-state index < -0.39 is 11.9 Å². The Morgan fingerprint density at radius 3 is 2.48 bits per heavy atom. The summed E-state index contributed by atoms with van der Waals surface area (Å²) in [5.41, 5.74) is -0.0128. The lowest BCUT2D eigenvalue weighted by atomic mass is 9.96. The average Bonchev–Trinajstić information content (AvgIpc) is 2.67. The van der Waals surface area contributed by atoms with Gasteiger partial charge in [0.25, 0.3) is 0 Å². The fourth-order valence-corrected chi connectivity index (χ4v) is 3.11. The molecule has 1 saturated heterocycles. The molecular weight excluding hydrogens is 381 g/mol. The molecule has 0 spiro atoms. The van der Waals surface area contributed by atoms with Gasteiger partial charge in [0.2, 0.25) is 5.91 Å². The smallest absolute Gasteiger partial charge is 0.356 e. The van der Waals surface area contributed by atoms with E-state index in [1.54, 1.807) is 17.0 Å². The molecule has 0 saturated carbocycles. The summed E-state index contributed by atoms with van der Waals surface area (Å²) in [6, 6.07) is 8.16. The summed E-state index contributed by atoms with van der Waals surface area (Å²) < 4.78 is 38.3. The van der Waals surface area contributed by atoms with Crippen LogP contribution in [0.15, 0.2) is 36.7 Å². The minimum Gasteiger partial charge on any atom is -0.356 e. The van der Waals surface area contributed by atoms with Gasteiger partial charge in [0.05, 0.1) is 0 Å². The van der Waals surface area contributed by atoms with Gasteiger partial charge in [-0.3, -0.25) is 4.79 Å². The molecule has 0 bridgehead atoms. The van der Waals surface area contributed by atoms with Gasteiger partial charge in [-0.15, -0.1) is 0 Å². The first kappa shape index (κ1) is 19.4. The molecule has 1 N–H and O–H groups in total. The van der Waals surface area contributed by atoms with Crippen molar-refractivity contribution < 1.29 is 18.0 Å². The maximum absolute atomic E-state index is 12.8. The van der Waals surface area contributed by atoms with Crippen LogP contribution in [-0.2, 0) is 17.5 Å². The van der Waals surface area contributed by atoms with Crippen LogP contribution in [0.1, 0.15) is 24.1 Å². The maximum Gasteiger partial charge on any atom is 0.433 e. The summed E-state index contributed by atoms with van der Waals surface area (Å²) in [6.45, 7) is 1.34. The molecule has 2 aromatic rings. The summed E-state index contributed by atoms with van der Waals surface area (Å²) in [4.78, 5) is 21.3. The Bertz CT molecular complexity index is 790. The maximum atomic E-state index is 12.8. The lowest BCUT2D eigenvalue weighted by molar-refractivity contribution is -0.141. The first-order chi connectivity index (χ1) is 12.8. The highest BCUT2D eigenvalue weighted by molar-refractivity contribution is 6.30. The number of piperidine rings is 1. The molecule has 0 aliphatic carbocycles. The van der Waals surface area contributed by atoms with Crippen molar-refractivity contribution in [1.29, 1.82) is 0 Å². The SMILES string of the molecule is O=C(NCc1ccc(Cl)cc1)C1CCN(c2cc(C(F)(F)F)ncn2)CC1. The van der Waals surface area contributed by atoms with Gasteiger partial charge >= 0.3 is 6.18 Å². The molecule has 1 amide bonds. The fourth-order valence-electron chi connectivity index (χ4n) is 2.98. The van der Waals surface area contributed by atoms with E-state index in [0.717, 1.165) is 18.0 Å². The predicted octanol–water partition coefficient (Wildman–Crippen LogP) is 3.68. The van der Waals surface area contributed by atoms with Crippen LogP contribution in [0.25, 0.3) is 0 Å². The van der Waals surface area contributed by atoms with Crippen LogP contribution in [0.2, 0.25) is 5.02 Å². The number of benzene rings is 1. The quantitative estimate of drug-likeness (QED) is 0.853. The van der Waals surface area contributed by atoms with Gasteiger partial charge in [-0.05, 0) is 30.5 Å². The second kappa shape index (κ2) is 8.12. The van der Waals surface area contributed by atoms with Crippen LogP contribution in [-0.4, -0.2) is 29.0 Å². The zero-order valence-corrected chi connectivity index (χ0v) is 15.1.